The number of nitriles is 1. The molecule has 146 valence electrons. The van der Waals surface area contributed by atoms with Crippen molar-refractivity contribution in [1.29, 1.82) is 5.26 Å². The van der Waals surface area contributed by atoms with Gasteiger partial charge in [-0.05, 0) is 48.9 Å². The SMILES string of the molecule is CCOC[C@@]1(C#N)[C@H](S(=O)(=O)c2ccc(Cl)cc2)[C@@H]1c1ccc2c(c1)OCO2. The summed E-state index contributed by atoms with van der Waals surface area (Å²) in [5.41, 5.74) is -0.449. The van der Waals surface area contributed by atoms with Crippen LogP contribution in [0.25, 0.3) is 0 Å². The summed E-state index contributed by atoms with van der Waals surface area (Å²) in [7, 11) is -3.78. The van der Waals surface area contributed by atoms with Gasteiger partial charge in [-0.25, -0.2) is 8.42 Å². The smallest absolute Gasteiger partial charge is 0.231 e. The predicted molar refractivity (Wildman–Crippen MR) is 102 cm³/mol. The van der Waals surface area contributed by atoms with E-state index in [4.69, 9.17) is 25.8 Å². The topological polar surface area (TPSA) is 85.6 Å². The molecule has 0 unspecified atom stereocenters. The molecular formula is C20H18ClNO5S. The van der Waals surface area contributed by atoms with Crippen LogP contribution in [0.3, 0.4) is 0 Å². The maximum absolute atomic E-state index is 13.4. The number of hydrogen-bond donors (Lipinski definition) is 0. The molecule has 0 spiro atoms. The van der Waals surface area contributed by atoms with E-state index in [2.05, 4.69) is 6.07 Å². The summed E-state index contributed by atoms with van der Waals surface area (Å²) in [6, 6.07) is 13.5. The summed E-state index contributed by atoms with van der Waals surface area (Å²) in [6.07, 6.45) is 0. The van der Waals surface area contributed by atoms with Crippen molar-refractivity contribution in [1.82, 2.24) is 0 Å². The third-order valence-electron chi connectivity index (χ3n) is 5.24. The highest BCUT2D eigenvalue weighted by Gasteiger charge is 2.72. The normalized spacial score (nSPS) is 25.3. The summed E-state index contributed by atoms with van der Waals surface area (Å²) in [5.74, 6) is 0.628. The Kier molecular flexibility index (Phi) is 4.74. The number of ether oxygens (including phenoxy) is 3. The van der Waals surface area contributed by atoms with Crippen LogP contribution in [0, 0.1) is 16.7 Å². The fourth-order valence-electron chi connectivity index (χ4n) is 3.82. The van der Waals surface area contributed by atoms with Crippen LogP contribution in [0.5, 0.6) is 11.5 Å². The minimum atomic E-state index is -3.78. The summed E-state index contributed by atoms with van der Waals surface area (Å²) in [4.78, 5) is 0.140. The number of nitrogens with zero attached hydrogens (tertiary/aromatic N) is 1. The molecule has 3 atom stereocenters. The van der Waals surface area contributed by atoms with E-state index in [9.17, 15) is 13.7 Å². The first-order chi connectivity index (χ1) is 13.4. The second-order valence-electron chi connectivity index (χ2n) is 6.80. The van der Waals surface area contributed by atoms with Crippen LogP contribution in [0.2, 0.25) is 5.02 Å². The predicted octanol–water partition coefficient (Wildman–Crippen LogP) is 3.55. The summed E-state index contributed by atoms with van der Waals surface area (Å²) < 4.78 is 43.0. The van der Waals surface area contributed by atoms with Gasteiger partial charge in [-0.3, -0.25) is 0 Å². The Hall–Kier alpha value is -2.27. The quantitative estimate of drug-likeness (QED) is 0.711. The Morgan fingerprint density at radius 3 is 2.61 bits per heavy atom. The van der Waals surface area contributed by atoms with Gasteiger partial charge in [0, 0.05) is 17.5 Å². The van der Waals surface area contributed by atoms with Gasteiger partial charge in [0.15, 0.2) is 21.3 Å². The third kappa shape index (κ3) is 2.93. The van der Waals surface area contributed by atoms with E-state index in [0.29, 0.717) is 28.7 Å². The van der Waals surface area contributed by atoms with Gasteiger partial charge in [0.2, 0.25) is 6.79 Å². The molecule has 1 saturated carbocycles. The van der Waals surface area contributed by atoms with E-state index in [0.717, 1.165) is 0 Å². The molecule has 2 aliphatic rings. The van der Waals surface area contributed by atoms with E-state index < -0.39 is 26.4 Å². The molecule has 0 amide bonds. The lowest BCUT2D eigenvalue weighted by atomic mass is 10.0. The van der Waals surface area contributed by atoms with Crippen LogP contribution < -0.4 is 9.47 Å². The molecule has 0 saturated heterocycles. The second-order valence-corrected chi connectivity index (χ2v) is 9.30. The van der Waals surface area contributed by atoms with Crippen LogP contribution in [-0.4, -0.2) is 33.7 Å². The maximum Gasteiger partial charge on any atom is 0.231 e. The standard InChI is InChI=1S/C20H18ClNO5S/c1-2-25-11-20(10-22)18(13-3-8-16-17(9-13)27-12-26-16)19(20)28(23,24)15-6-4-14(21)5-7-15/h3-9,18-19H,2,11-12H2,1H3/t18-,19+,20+/m0/s1. The minimum absolute atomic E-state index is 0.0383. The first-order valence-corrected chi connectivity index (χ1v) is 10.7. The molecule has 1 aliphatic carbocycles. The van der Waals surface area contributed by atoms with Gasteiger partial charge in [-0.15, -0.1) is 0 Å². The molecule has 0 aromatic heterocycles. The number of halogens is 1. The van der Waals surface area contributed by atoms with Crippen LogP contribution >= 0.6 is 11.6 Å². The molecular weight excluding hydrogens is 402 g/mol. The lowest BCUT2D eigenvalue weighted by molar-refractivity contribution is 0.117. The Labute approximate surface area is 168 Å². The van der Waals surface area contributed by atoms with E-state index >= 15 is 0 Å². The molecule has 1 fully saturated rings. The van der Waals surface area contributed by atoms with E-state index in [1.54, 1.807) is 18.2 Å². The van der Waals surface area contributed by atoms with Crippen molar-refractivity contribution < 1.29 is 22.6 Å². The van der Waals surface area contributed by atoms with Crippen LogP contribution in [-0.2, 0) is 14.6 Å². The van der Waals surface area contributed by atoms with E-state index in [1.807, 2.05) is 6.92 Å². The first-order valence-electron chi connectivity index (χ1n) is 8.82. The molecule has 1 aliphatic heterocycles. The second kappa shape index (κ2) is 6.96. The molecule has 0 bridgehead atoms. The van der Waals surface area contributed by atoms with Crippen molar-refractivity contribution in [3.8, 4) is 17.6 Å². The Morgan fingerprint density at radius 1 is 1.21 bits per heavy atom. The summed E-state index contributed by atoms with van der Waals surface area (Å²) in [6.45, 7) is 2.37. The molecule has 8 heteroatoms. The van der Waals surface area contributed by atoms with E-state index in [-0.39, 0.29) is 18.3 Å². The lowest BCUT2D eigenvalue weighted by Gasteiger charge is -2.10. The van der Waals surface area contributed by atoms with Crippen molar-refractivity contribution >= 4 is 21.4 Å². The molecule has 4 rings (SSSR count). The molecule has 2 aromatic carbocycles. The van der Waals surface area contributed by atoms with Crippen molar-refractivity contribution in [2.45, 2.75) is 23.0 Å². The fourth-order valence-corrected chi connectivity index (χ4v) is 6.25. The van der Waals surface area contributed by atoms with Crippen LogP contribution in [0.15, 0.2) is 47.4 Å². The van der Waals surface area contributed by atoms with Gasteiger partial charge in [-0.1, -0.05) is 17.7 Å². The Morgan fingerprint density at radius 2 is 1.93 bits per heavy atom. The average Bonchev–Trinajstić information content (AvgIpc) is 3.15. The third-order valence-corrected chi connectivity index (χ3v) is 7.78. The number of fused-ring (bicyclic) bond motifs is 1. The Balaban J connectivity index is 1.77. The molecule has 2 aromatic rings. The van der Waals surface area contributed by atoms with Gasteiger partial charge in [0.05, 0.1) is 22.8 Å². The number of benzene rings is 2. The number of rotatable bonds is 6. The fraction of sp³-hybridized carbons (Fsp3) is 0.350. The zero-order chi connectivity index (χ0) is 19.9. The monoisotopic (exact) mass is 419 g/mol. The minimum Gasteiger partial charge on any atom is -0.454 e. The maximum atomic E-state index is 13.4. The van der Waals surface area contributed by atoms with Crippen molar-refractivity contribution in [2.75, 3.05) is 20.0 Å². The molecule has 0 N–H and O–H groups in total. The largest absolute Gasteiger partial charge is 0.454 e. The zero-order valence-electron chi connectivity index (χ0n) is 15.1. The van der Waals surface area contributed by atoms with Crippen LogP contribution in [0.4, 0.5) is 0 Å². The highest BCUT2D eigenvalue weighted by molar-refractivity contribution is 7.92. The number of sulfone groups is 1. The summed E-state index contributed by atoms with van der Waals surface area (Å²) >= 11 is 5.89. The van der Waals surface area contributed by atoms with Gasteiger partial charge < -0.3 is 14.2 Å². The molecule has 0 radical (unpaired) electrons. The molecule has 28 heavy (non-hydrogen) atoms. The van der Waals surface area contributed by atoms with Crippen molar-refractivity contribution in [3.05, 3.63) is 53.1 Å². The van der Waals surface area contributed by atoms with E-state index in [1.165, 1.54) is 24.3 Å². The summed E-state index contributed by atoms with van der Waals surface area (Å²) in [5, 5.41) is 9.49. The number of hydrogen-bond acceptors (Lipinski definition) is 6. The van der Waals surface area contributed by atoms with Crippen molar-refractivity contribution in [3.63, 3.8) is 0 Å². The highest BCUT2D eigenvalue weighted by Crippen LogP contribution is 2.64. The van der Waals surface area contributed by atoms with Gasteiger partial charge in [-0.2, -0.15) is 5.26 Å². The highest BCUT2D eigenvalue weighted by atomic mass is 35.5. The molecule has 6 nitrogen and oxygen atoms in total. The van der Waals surface area contributed by atoms with Gasteiger partial charge in [0.25, 0.3) is 0 Å². The first kappa shape index (κ1) is 19.1. The average molecular weight is 420 g/mol. The molecule has 1 heterocycles. The van der Waals surface area contributed by atoms with Gasteiger partial charge in [0.1, 0.15) is 5.41 Å². The lowest BCUT2D eigenvalue weighted by Crippen LogP contribution is -2.19. The van der Waals surface area contributed by atoms with Crippen LogP contribution in [0.1, 0.15) is 18.4 Å². The Bertz CT molecular complexity index is 1050. The van der Waals surface area contributed by atoms with Gasteiger partial charge >= 0.3 is 0 Å². The zero-order valence-corrected chi connectivity index (χ0v) is 16.7. The van der Waals surface area contributed by atoms with Crippen molar-refractivity contribution in [2.24, 2.45) is 5.41 Å².